The number of carbonyl (C=O) groups excluding carboxylic acids is 2. The third-order valence-corrected chi connectivity index (χ3v) is 4.80. The molecule has 3 N–H and O–H groups in total. The van der Waals surface area contributed by atoms with Gasteiger partial charge in [-0.15, -0.1) is 0 Å². The summed E-state index contributed by atoms with van der Waals surface area (Å²) in [5, 5.41) is 3.11. The van der Waals surface area contributed by atoms with Gasteiger partial charge < -0.3 is 16.0 Å². The summed E-state index contributed by atoms with van der Waals surface area (Å²) in [4.78, 5) is 26.4. The van der Waals surface area contributed by atoms with Gasteiger partial charge >= 0.3 is 0 Å². The summed E-state index contributed by atoms with van der Waals surface area (Å²) >= 11 is 0. The van der Waals surface area contributed by atoms with Crippen molar-refractivity contribution in [3.05, 3.63) is 35.4 Å². The van der Waals surface area contributed by atoms with E-state index in [0.717, 1.165) is 56.2 Å². The monoisotopic (exact) mass is 345 g/mol. The molecule has 138 valence electrons. The van der Waals surface area contributed by atoms with Gasteiger partial charge in [-0.05, 0) is 51.3 Å². The van der Waals surface area contributed by atoms with Crippen LogP contribution in [0.1, 0.15) is 60.9 Å². The van der Waals surface area contributed by atoms with Crippen molar-refractivity contribution < 1.29 is 9.59 Å². The van der Waals surface area contributed by atoms with Gasteiger partial charge in [0.05, 0.1) is 0 Å². The van der Waals surface area contributed by atoms with Crippen molar-refractivity contribution in [2.45, 2.75) is 57.9 Å². The van der Waals surface area contributed by atoms with E-state index in [0.29, 0.717) is 19.5 Å². The average Bonchev–Trinajstić information content (AvgIpc) is 2.62. The van der Waals surface area contributed by atoms with Crippen molar-refractivity contribution >= 4 is 11.8 Å². The lowest BCUT2D eigenvalue weighted by molar-refractivity contribution is -0.122. The molecule has 0 saturated carbocycles. The number of nitrogens with two attached hydrogens (primary N) is 1. The molecule has 1 fully saturated rings. The lowest BCUT2D eigenvalue weighted by atomic mass is 10.0. The van der Waals surface area contributed by atoms with E-state index in [1.165, 1.54) is 0 Å². The molecule has 0 aromatic heterocycles. The van der Waals surface area contributed by atoms with E-state index in [4.69, 9.17) is 5.73 Å². The maximum atomic E-state index is 12.5. The van der Waals surface area contributed by atoms with Crippen LogP contribution in [0.25, 0.3) is 0 Å². The van der Waals surface area contributed by atoms with Crippen molar-refractivity contribution in [2.24, 2.45) is 5.73 Å². The quantitative estimate of drug-likeness (QED) is 0.711. The molecule has 0 bridgehead atoms. The highest BCUT2D eigenvalue weighted by Crippen LogP contribution is 2.15. The maximum Gasteiger partial charge on any atom is 0.253 e. The number of nitrogens with zero attached hydrogens (tertiary/aromatic N) is 1. The first kappa shape index (κ1) is 19.4. The van der Waals surface area contributed by atoms with Gasteiger partial charge in [0, 0.05) is 31.1 Å². The zero-order valence-electron chi connectivity index (χ0n) is 15.3. The predicted octanol–water partition coefficient (Wildman–Crippen LogP) is 2.63. The maximum absolute atomic E-state index is 12.5. The lowest BCUT2D eigenvalue weighted by Gasteiger charge is -2.32. The van der Waals surface area contributed by atoms with Crippen LogP contribution < -0.4 is 11.1 Å². The fraction of sp³-hybridized carbons (Fsp3) is 0.600. The Morgan fingerprint density at radius 3 is 2.36 bits per heavy atom. The third kappa shape index (κ3) is 6.50. The van der Waals surface area contributed by atoms with E-state index in [9.17, 15) is 9.59 Å². The van der Waals surface area contributed by atoms with E-state index < -0.39 is 0 Å². The van der Waals surface area contributed by atoms with Gasteiger partial charge in [0.25, 0.3) is 5.91 Å². The summed E-state index contributed by atoms with van der Waals surface area (Å²) in [5.74, 6) is 0.223. The molecule has 5 nitrogen and oxygen atoms in total. The van der Waals surface area contributed by atoms with Crippen LogP contribution in [0.4, 0.5) is 0 Å². The number of unbranched alkanes of at least 4 members (excludes halogenated alkanes) is 3. The molecule has 2 amide bonds. The molecule has 1 aromatic rings. The van der Waals surface area contributed by atoms with Crippen LogP contribution in [-0.4, -0.2) is 42.4 Å². The van der Waals surface area contributed by atoms with Crippen LogP contribution in [0.3, 0.4) is 0 Å². The van der Waals surface area contributed by atoms with E-state index in [-0.39, 0.29) is 17.9 Å². The van der Waals surface area contributed by atoms with Crippen LogP contribution >= 0.6 is 0 Å². The summed E-state index contributed by atoms with van der Waals surface area (Å²) in [6.07, 6.45) is 6.38. The van der Waals surface area contributed by atoms with E-state index in [2.05, 4.69) is 5.32 Å². The molecular formula is C20H31N3O2. The number of piperidine rings is 1. The molecule has 0 radical (unpaired) electrons. The van der Waals surface area contributed by atoms with Crippen molar-refractivity contribution in [1.29, 1.82) is 0 Å². The minimum atomic E-state index is 0.0877. The molecule has 0 unspecified atom stereocenters. The molecule has 0 atom stereocenters. The molecule has 5 heteroatoms. The van der Waals surface area contributed by atoms with Gasteiger partial charge in [0.2, 0.25) is 5.91 Å². The molecule has 1 aromatic carbocycles. The van der Waals surface area contributed by atoms with Crippen LogP contribution in [0.15, 0.2) is 24.3 Å². The molecule has 1 heterocycles. The van der Waals surface area contributed by atoms with E-state index in [1.54, 1.807) is 0 Å². The Morgan fingerprint density at radius 1 is 1.08 bits per heavy atom. The molecule has 2 rings (SSSR count). The van der Waals surface area contributed by atoms with Gasteiger partial charge in [-0.25, -0.2) is 0 Å². The molecule has 1 saturated heterocycles. The fourth-order valence-electron chi connectivity index (χ4n) is 3.19. The summed E-state index contributed by atoms with van der Waals surface area (Å²) in [7, 11) is 0. The summed E-state index contributed by atoms with van der Waals surface area (Å²) in [6, 6.07) is 7.90. The number of hydrogen-bond donors (Lipinski definition) is 2. The minimum absolute atomic E-state index is 0.0877. The Bertz CT molecular complexity index is 549. The number of hydrogen-bond acceptors (Lipinski definition) is 3. The van der Waals surface area contributed by atoms with Gasteiger partial charge in [-0.2, -0.15) is 0 Å². The second kappa shape index (κ2) is 10.2. The largest absolute Gasteiger partial charge is 0.353 e. The molecule has 1 aliphatic heterocycles. The van der Waals surface area contributed by atoms with Gasteiger partial charge in [0.1, 0.15) is 0 Å². The minimum Gasteiger partial charge on any atom is -0.353 e. The van der Waals surface area contributed by atoms with Gasteiger partial charge in [-0.3, -0.25) is 9.59 Å². The Balaban J connectivity index is 1.68. The first-order valence-corrected chi connectivity index (χ1v) is 9.45. The average molecular weight is 345 g/mol. The molecule has 0 aliphatic carbocycles. The topological polar surface area (TPSA) is 75.4 Å². The molecule has 1 aliphatic rings. The Kier molecular flexibility index (Phi) is 7.92. The number of rotatable bonds is 8. The summed E-state index contributed by atoms with van der Waals surface area (Å²) in [5.41, 5.74) is 7.36. The van der Waals surface area contributed by atoms with Crippen LogP contribution in [0.5, 0.6) is 0 Å². The smallest absolute Gasteiger partial charge is 0.253 e. The van der Waals surface area contributed by atoms with Crippen molar-refractivity contribution in [1.82, 2.24) is 10.2 Å². The number of benzene rings is 1. The van der Waals surface area contributed by atoms with E-state index in [1.807, 2.05) is 36.1 Å². The second-order valence-corrected chi connectivity index (χ2v) is 6.95. The van der Waals surface area contributed by atoms with Crippen molar-refractivity contribution in [3.8, 4) is 0 Å². The normalized spacial score (nSPS) is 15.2. The Morgan fingerprint density at radius 2 is 1.72 bits per heavy atom. The predicted molar refractivity (Wildman–Crippen MR) is 100 cm³/mol. The highest BCUT2D eigenvalue weighted by molar-refractivity contribution is 5.94. The lowest BCUT2D eigenvalue weighted by Crippen LogP contribution is -2.46. The molecular weight excluding hydrogens is 314 g/mol. The first-order chi connectivity index (χ1) is 12.1. The number of carbonyl (C=O) groups is 2. The van der Waals surface area contributed by atoms with Crippen LogP contribution in [0, 0.1) is 6.92 Å². The SMILES string of the molecule is Cc1ccc(C(=O)N2CCC(NC(=O)CCCCCCN)CC2)cc1. The van der Waals surface area contributed by atoms with Gasteiger partial charge in [-0.1, -0.05) is 30.5 Å². The highest BCUT2D eigenvalue weighted by atomic mass is 16.2. The first-order valence-electron chi connectivity index (χ1n) is 9.45. The number of nitrogens with one attached hydrogen (secondary N) is 1. The second-order valence-electron chi connectivity index (χ2n) is 6.95. The highest BCUT2D eigenvalue weighted by Gasteiger charge is 2.24. The van der Waals surface area contributed by atoms with Gasteiger partial charge in [0.15, 0.2) is 0 Å². The van der Waals surface area contributed by atoms with E-state index >= 15 is 0 Å². The van der Waals surface area contributed by atoms with Crippen molar-refractivity contribution in [3.63, 3.8) is 0 Å². The number of aryl methyl sites for hydroxylation is 1. The summed E-state index contributed by atoms with van der Waals surface area (Å²) in [6.45, 7) is 4.15. The van der Waals surface area contributed by atoms with Crippen LogP contribution in [-0.2, 0) is 4.79 Å². The molecule has 0 spiro atoms. The molecule has 25 heavy (non-hydrogen) atoms. The Hall–Kier alpha value is -1.88. The van der Waals surface area contributed by atoms with Crippen LogP contribution in [0.2, 0.25) is 0 Å². The third-order valence-electron chi connectivity index (χ3n) is 4.80. The number of likely N-dealkylation sites (tertiary alicyclic amines) is 1. The fourth-order valence-corrected chi connectivity index (χ4v) is 3.19. The standard InChI is InChI=1S/C20H31N3O2/c1-16-7-9-17(10-8-16)20(25)23-14-11-18(12-15-23)22-19(24)6-4-2-3-5-13-21/h7-10,18H,2-6,11-15,21H2,1H3,(H,22,24). The summed E-state index contributed by atoms with van der Waals surface area (Å²) < 4.78 is 0. The zero-order valence-corrected chi connectivity index (χ0v) is 15.3. The zero-order chi connectivity index (χ0) is 18.1. The number of amides is 2. The Labute approximate surface area is 151 Å². The van der Waals surface area contributed by atoms with Crippen molar-refractivity contribution in [2.75, 3.05) is 19.6 Å².